The van der Waals surface area contributed by atoms with E-state index < -0.39 is 144 Å². The van der Waals surface area contributed by atoms with Crippen LogP contribution >= 0.6 is 11.8 Å². The fourth-order valence-corrected chi connectivity index (χ4v) is 15.7. The number of primary amides is 1. The van der Waals surface area contributed by atoms with Crippen LogP contribution in [0.2, 0.25) is 0 Å². The first-order chi connectivity index (χ1) is 53.8. The highest BCUT2D eigenvalue weighted by atomic mass is 32.2. The number of imide groups is 1. The quantitative estimate of drug-likeness (QED) is 0.0226. The molecule has 0 radical (unpaired) electrons. The van der Waals surface area contributed by atoms with Crippen LogP contribution in [0.5, 0.6) is 5.75 Å². The highest BCUT2D eigenvalue weighted by Gasteiger charge is 2.49. The third kappa shape index (κ3) is 28.6. The topological polar surface area (TPSA) is 432 Å². The number of alkyl carbamates (subject to hydrolysis) is 1. The number of carboxylic acids is 1. The summed E-state index contributed by atoms with van der Waals surface area (Å²) in [5, 5.41) is 27.7. The zero-order valence-corrected chi connectivity index (χ0v) is 69.7. The van der Waals surface area contributed by atoms with Crippen LogP contribution in [0.1, 0.15) is 162 Å². The van der Waals surface area contributed by atoms with Crippen LogP contribution in [0.15, 0.2) is 42.5 Å². The number of hydrogen-bond acceptors (Lipinski definition) is 21. The molecule has 1 aliphatic carbocycles. The van der Waals surface area contributed by atoms with Crippen molar-refractivity contribution in [1.82, 2.24) is 56.4 Å². The Morgan fingerprint density at radius 3 is 2.02 bits per heavy atom. The molecule has 3 unspecified atom stereocenters. The van der Waals surface area contributed by atoms with Crippen molar-refractivity contribution in [2.45, 2.75) is 212 Å². The zero-order valence-electron chi connectivity index (χ0n) is 68.9. The lowest BCUT2D eigenvalue weighted by atomic mass is 9.89. The Hall–Kier alpha value is -9.22. The number of rotatable bonds is 48. The van der Waals surface area contributed by atoms with Gasteiger partial charge < -0.3 is 86.4 Å². The van der Waals surface area contributed by atoms with Crippen molar-refractivity contribution < 1.29 is 100 Å². The van der Waals surface area contributed by atoms with Crippen LogP contribution in [-0.4, -0.2) is 267 Å². The lowest BCUT2D eigenvalue weighted by molar-refractivity contribution is -0.148. The van der Waals surface area contributed by atoms with Crippen molar-refractivity contribution in [3.05, 3.63) is 59.4 Å². The molecular weight excluding hydrogens is 1500 g/mol. The summed E-state index contributed by atoms with van der Waals surface area (Å²) < 4.78 is 43.1. The summed E-state index contributed by atoms with van der Waals surface area (Å²) in [5.74, 6) is -8.03. The molecule has 3 fully saturated rings. The molecular formula is C79H122FN13O20S. The number of nitrogens with zero attached hydrogens (tertiary/aromatic N) is 5. The van der Waals surface area contributed by atoms with Crippen LogP contribution in [-0.2, 0) is 73.5 Å². The first kappa shape index (κ1) is 95.4. The molecule has 5 rings (SSSR count). The van der Waals surface area contributed by atoms with Gasteiger partial charge in [-0.15, -0.1) is 11.8 Å². The second-order valence-corrected chi connectivity index (χ2v) is 32.4. The third-order valence-corrected chi connectivity index (χ3v) is 22.7. The summed E-state index contributed by atoms with van der Waals surface area (Å²) in [6.45, 7) is 15.6. The van der Waals surface area contributed by atoms with E-state index in [9.17, 15) is 71.8 Å². The summed E-state index contributed by atoms with van der Waals surface area (Å²) in [7, 11) is 10.7. The minimum Gasteiger partial charge on any atom is -0.494 e. The van der Waals surface area contributed by atoms with E-state index in [1.54, 1.807) is 71.1 Å². The van der Waals surface area contributed by atoms with Crippen LogP contribution in [0.25, 0.3) is 0 Å². The van der Waals surface area contributed by atoms with Crippen LogP contribution < -0.4 is 47.7 Å². The average Bonchev–Trinajstić information content (AvgIpc) is 1.62. The van der Waals surface area contributed by atoms with Crippen molar-refractivity contribution in [2.75, 3.05) is 99.9 Å². The van der Waals surface area contributed by atoms with E-state index in [0.29, 0.717) is 42.7 Å². The lowest BCUT2D eigenvalue weighted by Crippen LogP contribution is -2.59. The van der Waals surface area contributed by atoms with Gasteiger partial charge in [0.25, 0.3) is 0 Å². The molecule has 114 heavy (non-hydrogen) atoms. The molecule has 636 valence electrons. The zero-order chi connectivity index (χ0) is 85.0. The number of halogens is 1. The SMILES string of the molecule is CC[C@H](C)C([C@@H](CC(=O)N1C[C@@H](OC(=O)NCCN(C)C(=O)OCc2ccc(NC(=O)C(CCCNC(N)=O)NC(=O)[C@@H](NC(=O)CCCCCN3C(=O)CC(SCC4(CC(=O)O)CC4)C3=O)C(C)C)cc2)C[C@H]1[C@H](OC)[C@@H](C)C(=O)NCC(=O)c1ccc(OC)c(F)c1)OC)N(C)C(=O)[C@@H](NC(=O)[C@H](C(C)C)N(C)C)C(C)C. The molecule has 10 N–H and O–H groups in total. The molecule has 2 aromatic carbocycles. The second kappa shape index (κ2) is 45.8. The summed E-state index contributed by atoms with van der Waals surface area (Å²) in [6, 6.07) is 3.87. The number of likely N-dealkylation sites (N-methyl/N-ethyl adjacent to an activating group) is 3. The number of aliphatic carboxylic acids is 1. The summed E-state index contributed by atoms with van der Waals surface area (Å²) in [6.07, 6.45) is -1.11. The highest BCUT2D eigenvalue weighted by Crippen LogP contribution is 2.52. The van der Waals surface area contributed by atoms with Gasteiger partial charge in [-0.3, -0.25) is 62.5 Å². The molecule has 2 saturated heterocycles. The number of anilines is 1. The molecule has 0 bridgehead atoms. The number of urea groups is 1. The summed E-state index contributed by atoms with van der Waals surface area (Å²) in [4.78, 5) is 194. The number of ketones is 1. The lowest BCUT2D eigenvalue weighted by Gasteiger charge is -2.41. The predicted octanol–water partition coefficient (Wildman–Crippen LogP) is 5.44. The van der Waals surface area contributed by atoms with Gasteiger partial charge in [0.05, 0.1) is 74.5 Å². The second-order valence-electron chi connectivity index (χ2n) is 31.2. The first-order valence-corrected chi connectivity index (χ1v) is 40.1. The van der Waals surface area contributed by atoms with Crippen LogP contribution in [0.3, 0.4) is 0 Å². The molecule has 33 nitrogen and oxygen atoms in total. The Bertz CT molecular complexity index is 3640. The Kier molecular flexibility index (Phi) is 38.3. The predicted molar refractivity (Wildman–Crippen MR) is 423 cm³/mol. The van der Waals surface area contributed by atoms with Gasteiger partial charge in [-0.2, -0.15) is 0 Å². The number of hydrogen-bond donors (Lipinski definition) is 9. The van der Waals surface area contributed by atoms with Gasteiger partial charge in [0.15, 0.2) is 17.3 Å². The number of carbonyl (C=O) groups is 14. The van der Waals surface area contributed by atoms with Crippen molar-refractivity contribution in [1.29, 1.82) is 0 Å². The fraction of sp³-hybridized carbons (Fsp3) is 0.671. The Labute approximate surface area is 672 Å². The number of benzene rings is 2. The Morgan fingerprint density at radius 1 is 0.763 bits per heavy atom. The van der Waals surface area contributed by atoms with Gasteiger partial charge in [-0.1, -0.05) is 87.3 Å². The number of thioether (sulfide) groups is 1. The molecule has 3 aliphatic rings. The van der Waals surface area contributed by atoms with Crippen LogP contribution in [0.4, 0.5) is 24.5 Å². The Balaban J connectivity index is 1.17. The van der Waals surface area contributed by atoms with E-state index in [0.717, 1.165) is 18.9 Å². The Morgan fingerprint density at radius 2 is 1.44 bits per heavy atom. The third-order valence-electron chi connectivity index (χ3n) is 21.2. The van der Waals surface area contributed by atoms with E-state index in [-0.39, 0.29) is 142 Å². The van der Waals surface area contributed by atoms with E-state index in [1.807, 2.05) is 41.5 Å². The molecule has 2 heterocycles. The molecule has 2 aromatic rings. The van der Waals surface area contributed by atoms with Gasteiger partial charge in [-0.05, 0) is 118 Å². The fourth-order valence-electron chi connectivity index (χ4n) is 14.3. The average molecular weight is 1620 g/mol. The number of nitrogens with one attached hydrogen (secondary N) is 7. The number of nitrogens with two attached hydrogens (primary N) is 1. The van der Waals surface area contributed by atoms with Gasteiger partial charge in [0, 0.05) is 90.8 Å². The molecule has 0 aromatic heterocycles. The number of carboxylic acid groups (broad SMARTS) is 1. The first-order valence-electron chi connectivity index (χ1n) is 39.1. The number of amides is 13. The van der Waals surface area contributed by atoms with Crippen molar-refractivity contribution in [3.63, 3.8) is 0 Å². The van der Waals surface area contributed by atoms with Gasteiger partial charge >= 0.3 is 24.2 Å². The molecule has 2 aliphatic heterocycles. The number of ether oxygens (including phenoxy) is 5. The van der Waals surface area contributed by atoms with E-state index >= 15 is 4.79 Å². The standard InChI is InChI=1S/C79H122FN13O20S/c1-17-48(8)68(91(13)75(105)66(46(4)5)88-73(103)67(47(6)7)89(10)11)59(110-15)38-62(96)93-42-53(37-56(93)69(111-16)49(9)70(100)84-41-57(94)51-26-29-58(109-14)54(80)36-51)113-77(107)83-33-35-90(12)78(108)112-43-50-24-27-52(28-25-50)85-71(101)55(22-21-32-82-76(81)106)86-72(102)65(45(2)3)87-61(95)23-19-18-20-34-92-63(97)39-60(74(92)104)114-44-79(30-31-79)40-64(98)99/h24-29,36,45-49,53,55-56,59-60,65-69H,17-23,30-35,37-44H2,1-16H3,(H,83,107)(H,84,100)(H,85,101)(H,86,102)(H,87,95)(H,88,103)(H,98,99)(H3,81,82,106)/t48-,49+,53-,55?,56-,59+,60?,65-,66-,67-,68?,69+/m0/s1. The highest BCUT2D eigenvalue weighted by molar-refractivity contribution is 8.00. The molecule has 13 amide bonds. The summed E-state index contributed by atoms with van der Waals surface area (Å²) >= 11 is 1.34. The molecule has 35 heteroatoms. The van der Waals surface area contributed by atoms with Gasteiger partial charge in [0.2, 0.25) is 53.2 Å². The minimum absolute atomic E-state index is 0.0175. The molecule has 12 atom stereocenters. The summed E-state index contributed by atoms with van der Waals surface area (Å²) in [5.41, 5.74) is 5.76. The smallest absolute Gasteiger partial charge is 0.409 e. The number of unbranched alkanes of at least 4 members (excludes halogenated alkanes) is 2. The maximum atomic E-state index is 15.0. The van der Waals surface area contributed by atoms with Crippen molar-refractivity contribution >= 4 is 101 Å². The largest absolute Gasteiger partial charge is 0.494 e. The number of likely N-dealkylation sites (tertiary alicyclic amines) is 2. The van der Waals surface area contributed by atoms with E-state index in [1.165, 1.54) is 71.9 Å². The van der Waals surface area contributed by atoms with Gasteiger partial charge in [0.1, 0.15) is 30.8 Å². The van der Waals surface area contributed by atoms with E-state index in [2.05, 4.69) is 37.2 Å². The van der Waals surface area contributed by atoms with E-state index in [4.69, 9.17) is 29.4 Å². The maximum Gasteiger partial charge on any atom is 0.409 e. The van der Waals surface area contributed by atoms with Crippen LogP contribution in [0, 0.1) is 40.8 Å². The van der Waals surface area contributed by atoms with Gasteiger partial charge in [-0.25, -0.2) is 18.8 Å². The number of carbonyl (C=O) groups excluding carboxylic acids is 13. The molecule has 1 saturated carbocycles. The van der Waals surface area contributed by atoms with Crippen molar-refractivity contribution in [3.8, 4) is 5.75 Å². The minimum atomic E-state index is -1.15. The maximum absolute atomic E-state index is 15.0. The number of Topliss-reactive ketones (excluding diaryl/α,β-unsaturated/α-hetero) is 1. The monoisotopic (exact) mass is 1620 g/mol. The normalized spacial score (nSPS) is 18.1. The van der Waals surface area contributed by atoms with Crippen molar-refractivity contribution in [2.24, 2.45) is 40.7 Å². The number of methoxy groups -OCH3 is 3. The molecule has 0 spiro atoms.